The van der Waals surface area contributed by atoms with Crippen molar-refractivity contribution in [3.63, 3.8) is 0 Å². The van der Waals surface area contributed by atoms with Crippen molar-refractivity contribution >= 4 is 0 Å². The lowest BCUT2D eigenvalue weighted by molar-refractivity contribution is -0.00432. The Bertz CT molecular complexity index is 346. The van der Waals surface area contributed by atoms with Crippen LogP contribution in [0.2, 0.25) is 0 Å². The molecule has 0 bridgehead atoms. The van der Waals surface area contributed by atoms with Gasteiger partial charge in [-0.1, -0.05) is 18.2 Å². The molecule has 0 aliphatic heterocycles. The van der Waals surface area contributed by atoms with Crippen molar-refractivity contribution in [2.75, 3.05) is 40.6 Å². The molecular weight excluding hydrogens is 246 g/mol. The first kappa shape index (κ1) is 15.9. The van der Waals surface area contributed by atoms with Crippen LogP contribution in [-0.2, 0) is 16.0 Å². The molecule has 19 heavy (non-hydrogen) atoms. The Morgan fingerprint density at radius 3 is 2.74 bits per heavy atom. The molecule has 0 radical (unpaired) electrons. The van der Waals surface area contributed by atoms with E-state index in [4.69, 9.17) is 14.2 Å². The summed E-state index contributed by atoms with van der Waals surface area (Å²) in [6.45, 7) is 2.20. The number of nitrogens with one attached hydrogen (secondary N) is 1. The molecule has 0 aliphatic rings. The van der Waals surface area contributed by atoms with Crippen molar-refractivity contribution < 1.29 is 19.3 Å². The maximum absolute atomic E-state index is 9.72. The molecule has 0 saturated heterocycles. The zero-order valence-corrected chi connectivity index (χ0v) is 11.6. The van der Waals surface area contributed by atoms with Crippen LogP contribution in [0, 0.1) is 0 Å². The molecule has 0 heterocycles. The van der Waals surface area contributed by atoms with E-state index in [1.54, 1.807) is 7.11 Å². The minimum Gasteiger partial charge on any atom is -0.490 e. The zero-order valence-electron chi connectivity index (χ0n) is 11.6. The largest absolute Gasteiger partial charge is 0.490 e. The van der Waals surface area contributed by atoms with E-state index in [1.807, 2.05) is 31.3 Å². The van der Waals surface area contributed by atoms with Gasteiger partial charge in [-0.2, -0.15) is 0 Å². The van der Waals surface area contributed by atoms with Crippen molar-refractivity contribution in [1.82, 2.24) is 5.32 Å². The third kappa shape index (κ3) is 6.54. The van der Waals surface area contributed by atoms with Crippen molar-refractivity contribution in [3.05, 3.63) is 29.8 Å². The average Bonchev–Trinajstić information content (AvgIpc) is 2.43. The molecule has 1 aromatic carbocycles. The lowest BCUT2D eigenvalue weighted by Crippen LogP contribution is -2.24. The van der Waals surface area contributed by atoms with Crippen LogP contribution in [0.15, 0.2) is 24.3 Å². The molecule has 2 N–H and O–H groups in total. The first-order valence-electron chi connectivity index (χ1n) is 6.38. The Morgan fingerprint density at radius 1 is 1.21 bits per heavy atom. The van der Waals surface area contributed by atoms with Crippen LogP contribution in [0.25, 0.3) is 0 Å². The summed E-state index contributed by atoms with van der Waals surface area (Å²) < 4.78 is 15.7. The van der Waals surface area contributed by atoms with Gasteiger partial charge < -0.3 is 24.6 Å². The topological polar surface area (TPSA) is 60.0 Å². The van der Waals surface area contributed by atoms with Crippen LogP contribution in [-0.4, -0.2) is 51.8 Å². The molecule has 0 amide bonds. The van der Waals surface area contributed by atoms with Crippen molar-refractivity contribution in [2.45, 2.75) is 12.6 Å². The van der Waals surface area contributed by atoms with Gasteiger partial charge in [-0.15, -0.1) is 0 Å². The van der Waals surface area contributed by atoms with E-state index in [1.165, 1.54) is 0 Å². The van der Waals surface area contributed by atoms with Crippen LogP contribution in [0.3, 0.4) is 0 Å². The number of aliphatic hydroxyl groups excluding tert-OH is 1. The third-order valence-corrected chi connectivity index (χ3v) is 2.51. The molecule has 108 valence electrons. The molecule has 1 rings (SSSR count). The Labute approximate surface area is 114 Å². The number of rotatable bonds is 10. The molecule has 1 aromatic rings. The van der Waals surface area contributed by atoms with Crippen LogP contribution < -0.4 is 10.1 Å². The predicted molar refractivity (Wildman–Crippen MR) is 73.4 cm³/mol. The summed E-state index contributed by atoms with van der Waals surface area (Å²) in [5.41, 5.74) is 1.07. The fraction of sp³-hybridized carbons (Fsp3) is 0.571. The molecule has 1 atom stereocenters. The maximum Gasteiger partial charge on any atom is 0.123 e. The molecule has 0 fully saturated rings. The van der Waals surface area contributed by atoms with Gasteiger partial charge in [-0.05, 0) is 13.1 Å². The van der Waals surface area contributed by atoms with Crippen molar-refractivity contribution in [1.29, 1.82) is 0 Å². The van der Waals surface area contributed by atoms with E-state index in [9.17, 15) is 5.11 Å². The summed E-state index contributed by atoms with van der Waals surface area (Å²) in [6, 6.07) is 7.76. The molecule has 5 nitrogen and oxygen atoms in total. The highest BCUT2D eigenvalue weighted by atomic mass is 16.5. The fourth-order valence-electron chi connectivity index (χ4n) is 1.58. The number of para-hydroxylation sites is 1. The molecule has 0 aliphatic carbocycles. The van der Waals surface area contributed by atoms with Crippen molar-refractivity contribution in [3.8, 4) is 5.75 Å². The van der Waals surface area contributed by atoms with Gasteiger partial charge in [0.2, 0.25) is 0 Å². The van der Waals surface area contributed by atoms with E-state index in [2.05, 4.69) is 5.32 Å². The SMILES string of the molecule is CNCc1ccccc1OCC(O)COCCOC. The average molecular weight is 269 g/mol. The second-order valence-corrected chi connectivity index (χ2v) is 4.17. The second kappa shape index (κ2) is 9.75. The Hall–Kier alpha value is -1.14. The van der Waals surface area contributed by atoms with E-state index < -0.39 is 6.10 Å². The molecule has 0 saturated carbocycles. The van der Waals surface area contributed by atoms with Gasteiger partial charge in [-0.25, -0.2) is 0 Å². The van der Waals surface area contributed by atoms with Crippen LogP contribution in [0.1, 0.15) is 5.56 Å². The van der Waals surface area contributed by atoms with Gasteiger partial charge in [-0.3, -0.25) is 0 Å². The summed E-state index contributed by atoms with van der Waals surface area (Å²) in [5, 5.41) is 12.8. The quantitative estimate of drug-likeness (QED) is 0.616. The lowest BCUT2D eigenvalue weighted by atomic mass is 10.2. The number of methoxy groups -OCH3 is 1. The molecule has 5 heteroatoms. The maximum atomic E-state index is 9.72. The minimum absolute atomic E-state index is 0.216. The second-order valence-electron chi connectivity index (χ2n) is 4.17. The van der Waals surface area contributed by atoms with Gasteiger partial charge in [0.25, 0.3) is 0 Å². The van der Waals surface area contributed by atoms with E-state index in [0.717, 1.165) is 17.9 Å². The number of ether oxygens (including phenoxy) is 3. The van der Waals surface area contributed by atoms with Crippen molar-refractivity contribution in [2.24, 2.45) is 0 Å². The Balaban J connectivity index is 2.31. The smallest absolute Gasteiger partial charge is 0.123 e. The number of benzene rings is 1. The molecular formula is C14H23NO4. The summed E-state index contributed by atoms with van der Waals surface area (Å²) >= 11 is 0. The first-order valence-corrected chi connectivity index (χ1v) is 6.38. The monoisotopic (exact) mass is 269 g/mol. The summed E-state index contributed by atoms with van der Waals surface area (Å²) in [4.78, 5) is 0. The minimum atomic E-state index is -0.639. The Kier molecular flexibility index (Phi) is 8.16. The van der Waals surface area contributed by atoms with Gasteiger partial charge in [0.05, 0.1) is 19.8 Å². The highest BCUT2D eigenvalue weighted by molar-refractivity contribution is 5.33. The molecule has 0 spiro atoms. The summed E-state index contributed by atoms with van der Waals surface area (Å²) in [6.07, 6.45) is -0.639. The van der Waals surface area contributed by atoms with E-state index in [-0.39, 0.29) is 13.2 Å². The van der Waals surface area contributed by atoms with Crippen LogP contribution in [0.4, 0.5) is 0 Å². The van der Waals surface area contributed by atoms with Gasteiger partial charge in [0.15, 0.2) is 0 Å². The standard InChI is InChI=1S/C14H23NO4/c1-15-9-12-5-3-4-6-14(12)19-11-13(16)10-18-8-7-17-2/h3-6,13,15-16H,7-11H2,1-2H3. The number of hydrogen-bond donors (Lipinski definition) is 2. The zero-order chi connectivity index (χ0) is 13.9. The molecule has 0 aromatic heterocycles. The number of aliphatic hydroxyl groups is 1. The lowest BCUT2D eigenvalue weighted by Gasteiger charge is -2.15. The van der Waals surface area contributed by atoms with E-state index in [0.29, 0.717) is 13.2 Å². The summed E-state index contributed by atoms with van der Waals surface area (Å²) in [7, 11) is 3.50. The summed E-state index contributed by atoms with van der Waals surface area (Å²) in [5.74, 6) is 0.785. The van der Waals surface area contributed by atoms with Gasteiger partial charge in [0, 0.05) is 19.2 Å². The van der Waals surface area contributed by atoms with Gasteiger partial charge in [0.1, 0.15) is 18.5 Å². The normalized spacial score (nSPS) is 12.4. The number of hydrogen-bond acceptors (Lipinski definition) is 5. The van der Waals surface area contributed by atoms with Gasteiger partial charge >= 0.3 is 0 Å². The molecule has 1 unspecified atom stereocenters. The van der Waals surface area contributed by atoms with Crippen LogP contribution in [0.5, 0.6) is 5.75 Å². The van der Waals surface area contributed by atoms with E-state index >= 15 is 0 Å². The highest BCUT2D eigenvalue weighted by Crippen LogP contribution is 2.17. The third-order valence-electron chi connectivity index (χ3n) is 2.51. The first-order chi connectivity index (χ1) is 9.27. The highest BCUT2D eigenvalue weighted by Gasteiger charge is 2.07. The Morgan fingerprint density at radius 2 is 2.00 bits per heavy atom. The fourth-order valence-corrected chi connectivity index (χ4v) is 1.58. The van der Waals surface area contributed by atoms with Crippen LogP contribution >= 0.6 is 0 Å². The predicted octanol–water partition coefficient (Wildman–Crippen LogP) is 0.809.